The first-order valence-corrected chi connectivity index (χ1v) is 9.89. The smallest absolute Gasteiger partial charge is 0.325 e. The van der Waals surface area contributed by atoms with Gasteiger partial charge in [0.05, 0.1) is 0 Å². The molecule has 1 aromatic rings. The molecule has 1 N–H and O–H groups in total. The summed E-state index contributed by atoms with van der Waals surface area (Å²) in [6.07, 6.45) is 2.94. The third kappa shape index (κ3) is 3.11. The lowest BCUT2D eigenvalue weighted by Gasteiger charge is -2.35. The van der Waals surface area contributed by atoms with Crippen molar-refractivity contribution < 1.29 is 14.4 Å². The Morgan fingerprint density at radius 2 is 1.81 bits per heavy atom. The molecule has 1 saturated heterocycles. The van der Waals surface area contributed by atoms with Crippen LogP contribution in [0.5, 0.6) is 0 Å². The van der Waals surface area contributed by atoms with Gasteiger partial charge in [-0.2, -0.15) is 0 Å². The lowest BCUT2D eigenvalue weighted by atomic mass is 9.92. The SMILES string of the molecule is CC[C@@H](C)N(C(=O)CN1C(=O)N[C@@]2(CCc3ccccc32)C1=O)[C@@H](C)CC. The van der Waals surface area contributed by atoms with E-state index in [1.165, 1.54) is 0 Å². The number of imide groups is 1. The molecule has 1 heterocycles. The maximum absolute atomic E-state index is 13.2. The minimum atomic E-state index is -1.01. The molecule has 0 saturated carbocycles. The van der Waals surface area contributed by atoms with Crippen LogP contribution in [0.15, 0.2) is 24.3 Å². The Balaban J connectivity index is 1.83. The van der Waals surface area contributed by atoms with Crippen molar-refractivity contribution in [2.45, 2.75) is 71.0 Å². The normalized spacial score (nSPS) is 23.3. The summed E-state index contributed by atoms with van der Waals surface area (Å²) in [5, 5.41) is 2.88. The quantitative estimate of drug-likeness (QED) is 0.782. The molecule has 27 heavy (non-hydrogen) atoms. The van der Waals surface area contributed by atoms with Crippen molar-refractivity contribution in [1.82, 2.24) is 15.1 Å². The molecule has 146 valence electrons. The van der Waals surface area contributed by atoms with Gasteiger partial charge < -0.3 is 10.2 Å². The molecule has 0 unspecified atom stereocenters. The number of nitrogens with zero attached hydrogens (tertiary/aromatic N) is 2. The molecular weight excluding hydrogens is 342 g/mol. The van der Waals surface area contributed by atoms with E-state index in [1.54, 1.807) is 0 Å². The molecule has 0 bridgehead atoms. The fourth-order valence-electron chi connectivity index (χ4n) is 4.27. The topological polar surface area (TPSA) is 69.7 Å². The Morgan fingerprint density at radius 1 is 1.19 bits per heavy atom. The number of fused-ring (bicyclic) bond motifs is 2. The van der Waals surface area contributed by atoms with Crippen LogP contribution in [0, 0.1) is 0 Å². The molecule has 3 atom stereocenters. The highest BCUT2D eigenvalue weighted by Crippen LogP contribution is 2.41. The zero-order valence-electron chi connectivity index (χ0n) is 16.6. The van der Waals surface area contributed by atoms with Crippen LogP contribution < -0.4 is 5.32 Å². The zero-order valence-corrected chi connectivity index (χ0v) is 16.6. The van der Waals surface area contributed by atoms with Crippen LogP contribution in [-0.4, -0.2) is 46.3 Å². The summed E-state index contributed by atoms with van der Waals surface area (Å²) in [5.74, 6) is -0.482. The average molecular weight is 371 g/mol. The number of carbonyl (C=O) groups is 3. The van der Waals surface area contributed by atoms with E-state index in [2.05, 4.69) is 5.32 Å². The van der Waals surface area contributed by atoms with Crippen molar-refractivity contribution in [3.63, 3.8) is 0 Å². The summed E-state index contributed by atoms with van der Waals surface area (Å²) >= 11 is 0. The van der Waals surface area contributed by atoms with E-state index in [0.717, 1.165) is 35.3 Å². The van der Waals surface area contributed by atoms with Crippen LogP contribution in [0.4, 0.5) is 4.79 Å². The van der Waals surface area contributed by atoms with E-state index in [4.69, 9.17) is 0 Å². The first kappa shape index (κ1) is 19.4. The highest BCUT2D eigenvalue weighted by Gasteiger charge is 2.55. The second-order valence-electron chi connectivity index (χ2n) is 7.70. The third-order valence-electron chi connectivity index (χ3n) is 6.13. The van der Waals surface area contributed by atoms with E-state index < -0.39 is 11.6 Å². The first-order valence-electron chi connectivity index (χ1n) is 9.89. The van der Waals surface area contributed by atoms with Gasteiger partial charge in [0.15, 0.2) is 0 Å². The summed E-state index contributed by atoms with van der Waals surface area (Å²) in [6.45, 7) is 7.87. The van der Waals surface area contributed by atoms with Gasteiger partial charge in [-0.3, -0.25) is 14.5 Å². The molecule has 1 aliphatic carbocycles. The van der Waals surface area contributed by atoms with Crippen LogP contribution in [0.1, 0.15) is 58.1 Å². The minimum absolute atomic E-state index is 0.0642. The van der Waals surface area contributed by atoms with Crippen LogP contribution in [0.2, 0.25) is 0 Å². The third-order valence-corrected chi connectivity index (χ3v) is 6.13. The van der Waals surface area contributed by atoms with Crippen molar-refractivity contribution in [2.24, 2.45) is 0 Å². The van der Waals surface area contributed by atoms with Crippen LogP contribution >= 0.6 is 0 Å². The summed E-state index contributed by atoms with van der Waals surface area (Å²) in [7, 11) is 0. The molecular formula is C21H29N3O3. The molecule has 4 amide bonds. The second-order valence-corrected chi connectivity index (χ2v) is 7.70. The number of rotatable bonds is 6. The second kappa shape index (κ2) is 7.33. The lowest BCUT2D eigenvalue weighted by molar-refractivity contribution is -0.141. The van der Waals surface area contributed by atoms with E-state index >= 15 is 0 Å². The Bertz CT molecular complexity index is 753. The zero-order chi connectivity index (χ0) is 19.8. The van der Waals surface area contributed by atoms with E-state index in [-0.39, 0.29) is 30.4 Å². The van der Waals surface area contributed by atoms with Crippen molar-refractivity contribution in [2.75, 3.05) is 6.54 Å². The van der Waals surface area contributed by atoms with Gasteiger partial charge in [-0.05, 0) is 50.7 Å². The molecule has 1 aromatic carbocycles. The number of benzene rings is 1. The van der Waals surface area contributed by atoms with Gasteiger partial charge in [-0.1, -0.05) is 38.1 Å². The molecule has 1 fully saturated rings. The van der Waals surface area contributed by atoms with Gasteiger partial charge in [0.25, 0.3) is 5.91 Å². The van der Waals surface area contributed by atoms with Gasteiger partial charge >= 0.3 is 6.03 Å². The van der Waals surface area contributed by atoms with E-state index in [9.17, 15) is 14.4 Å². The van der Waals surface area contributed by atoms with Gasteiger partial charge in [0.1, 0.15) is 12.1 Å². The average Bonchev–Trinajstić information content (AvgIpc) is 3.15. The van der Waals surface area contributed by atoms with Crippen molar-refractivity contribution in [3.05, 3.63) is 35.4 Å². The molecule has 0 aromatic heterocycles. The lowest BCUT2D eigenvalue weighted by Crippen LogP contribution is -2.50. The van der Waals surface area contributed by atoms with E-state index in [1.807, 2.05) is 56.9 Å². The Hall–Kier alpha value is -2.37. The number of urea groups is 1. The summed E-state index contributed by atoms with van der Waals surface area (Å²) < 4.78 is 0. The van der Waals surface area contributed by atoms with Gasteiger partial charge in [-0.25, -0.2) is 4.79 Å². The van der Waals surface area contributed by atoms with E-state index in [0.29, 0.717) is 6.42 Å². The highest BCUT2D eigenvalue weighted by molar-refractivity contribution is 6.09. The Morgan fingerprint density at radius 3 is 2.44 bits per heavy atom. The highest BCUT2D eigenvalue weighted by atomic mass is 16.2. The van der Waals surface area contributed by atoms with Crippen molar-refractivity contribution in [3.8, 4) is 0 Å². The maximum atomic E-state index is 13.2. The molecule has 6 heteroatoms. The fraction of sp³-hybridized carbons (Fsp3) is 0.571. The molecule has 2 aliphatic rings. The number of hydrogen-bond acceptors (Lipinski definition) is 3. The van der Waals surface area contributed by atoms with Gasteiger partial charge in [-0.15, -0.1) is 0 Å². The molecule has 1 spiro atoms. The standard InChI is InChI=1S/C21H29N3O3/c1-5-14(3)24(15(4)6-2)18(25)13-23-19(26)21(22-20(23)27)12-11-16-9-7-8-10-17(16)21/h7-10,14-15H,5-6,11-13H2,1-4H3,(H,22,27)/t14-,15+,21-/m1/s1. The molecule has 3 rings (SSSR count). The number of carbonyl (C=O) groups excluding carboxylic acids is 3. The minimum Gasteiger partial charge on any atom is -0.336 e. The maximum Gasteiger partial charge on any atom is 0.325 e. The number of nitrogens with one attached hydrogen (secondary N) is 1. The first-order chi connectivity index (χ1) is 12.9. The summed E-state index contributed by atoms with van der Waals surface area (Å²) in [6, 6.07) is 7.37. The van der Waals surface area contributed by atoms with Crippen molar-refractivity contribution in [1.29, 1.82) is 0 Å². The monoisotopic (exact) mass is 371 g/mol. The predicted octanol–water partition coefficient (Wildman–Crippen LogP) is 2.81. The van der Waals surface area contributed by atoms with Gasteiger partial charge in [0, 0.05) is 12.1 Å². The summed E-state index contributed by atoms with van der Waals surface area (Å²) in [4.78, 5) is 41.7. The molecule has 6 nitrogen and oxygen atoms in total. The van der Waals surface area contributed by atoms with Crippen LogP contribution in [-0.2, 0) is 21.5 Å². The number of aryl methyl sites for hydroxylation is 1. The van der Waals surface area contributed by atoms with Crippen LogP contribution in [0.3, 0.4) is 0 Å². The summed E-state index contributed by atoms with van der Waals surface area (Å²) in [5.41, 5.74) is 0.935. The number of hydrogen-bond donors (Lipinski definition) is 1. The van der Waals surface area contributed by atoms with Gasteiger partial charge in [0.2, 0.25) is 5.91 Å². The van der Waals surface area contributed by atoms with Crippen LogP contribution in [0.25, 0.3) is 0 Å². The predicted molar refractivity (Wildman–Crippen MR) is 103 cm³/mol. The molecule has 0 radical (unpaired) electrons. The molecule has 1 aliphatic heterocycles. The van der Waals surface area contributed by atoms with Crippen molar-refractivity contribution >= 4 is 17.8 Å². The Labute approximate surface area is 160 Å². The number of amides is 4. The largest absolute Gasteiger partial charge is 0.336 e. The Kier molecular flexibility index (Phi) is 5.27. The fourth-order valence-corrected chi connectivity index (χ4v) is 4.27.